The van der Waals surface area contributed by atoms with Crippen LogP contribution in [0.3, 0.4) is 0 Å². The van der Waals surface area contributed by atoms with Gasteiger partial charge in [-0.05, 0) is 5.56 Å². The van der Waals surface area contributed by atoms with Crippen LogP contribution < -0.4 is 0 Å². The lowest BCUT2D eigenvalue weighted by Crippen LogP contribution is -2.60. The lowest BCUT2D eigenvalue weighted by atomic mass is 9.98. The average Bonchev–Trinajstić information content (AvgIpc) is 2.52. The van der Waals surface area contributed by atoms with Crippen LogP contribution in [0.25, 0.3) is 0 Å². The summed E-state index contributed by atoms with van der Waals surface area (Å²) in [5, 5.41) is 38.1. The Morgan fingerprint density at radius 3 is 2.41 bits per heavy atom. The SMILES string of the molecule is CC(COC1O[C@H](C(=O)O)[C@@H](O)[C@H](O)[C@H]1O)c1ccccc1. The van der Waals surface area contributed by atoms with E-state index in [0.717, 1.165) is 5.56 Å². The number of carboxylic acids is 1. The zero-order valence-electron chi connectivity index (χ0n) is 12.1. The van der Waals surface area contributed by atoms with Crippen molar-refractivity contribution in [2.75, 3.05) is 6.61 Å². The van der Waals surface area contributed by atoms with Crippen molar-refractivity contribution in [1.29, 1.82) is 0 Å². The van der Waals surface area contributed by atoms with E-state index in [0.29, 0.717) is 0 Å². The molecule has 122 valence electrons. The third-order valence-electron chi connectivity index (χ3n) is 3.69. The van der Waals surface area contributed by atoms with E-state index in [9.17, 15) is 20.1 Å². The van der Waals surface area contributed by atoms with E-state index in [1.165, 1.54) is 0 Å². The molecule has 2 unspecified atom stereocenters. The predicted octanol–water partition coefficient (Wildman–Crippen LogP) is -0.301. The smallest absolute Gasteiger partial charge is 0.335 e. The van der Waals surface area contributed by atoms with Crippen LogP contribution >= 0.6 is 0 Å². The van der Waals surface area contributed by atoms with Gasteiger partial charge in [0.25, 0.3) is 0 Å². The molecule has 0 radical (unpaired) electrons. The van der Waals surface area contributed by atoms with Crippen LogP contribution in [0.2, 0.25) is 0 Å². The number of rotatable bonds is 5. The number of carbonyl (C=O) groups is 1. The highest BCUT2D eigenvalue weighted by molar-refractivity contribution is 5.73. The lowest BCUT2D eigenvalue weighted by molar-refractivity contribution is -0.294. The van der Waals surface area contributed by atoms with Crippen LogP contribution in [0.15, 0.2) is 30.3 Å². The van der Waals surface area contributed by atoms with Crippen molar-refractivity contribution in [3.8, 4) is 0 Å². The molecule has 1 fully saturated rings. The van der Waals surface area contributed by atoms with Gasteiger partial charge in [0.1, 0.15) is 18.3 Å². The Morgan fingerprint density at radius 2 is 1.82 bits per heavy atom. The van der Waals surface area contributed by atoms with Crippen molar-refractivity contribution in [3.05, 3.63) is 35.9 Å². The van der Waals surface area contributed by atoms with E-state index in [-0.39, 0.29) is 12.5 Å². The topological polar surface area (TPSA) is 116 Å². The molecule has 4 N–H and O–H groups in total. The normalized spacial score (nSPS) is 33.4. The molecule has 1 aliphatic heterocycles. The summed E-state index contributed by atoms with van der Waals surface area (Å²) in [5.74, 6) is -1.44. The maximum Gasteiger partial charge on any atom is 0.335 e. The summed E-state index contributed by atoms with van der Waals surface area (Å²) in [7, 11) is 0. The number of hydrogen-bond donors (Lipinski definition) is 4. The molecule has 0 bridgehead atoms. The standard InChI is InChI=1S/C15H20O7/c1-8(9-5-3-2-4-6-9)7-21-15-12(18)10(16)11(17)13(22-15)14(19)20/h2-6,8,10-13,15-18H,7H2,1H3,(H,19,20)/t8?,10-,11-,12+,13-,15?/m0/s1. The number of aliphatic hydroxyl groups excluding tert-OH is 3. The van der Waals surface area contributed by atoms with Gasteiger partial charge in [-0.2, -0.15) is 0 Å². The molecular weight excluding hydrogens is 292 g/mol. The fraction of sp³-hybridized carbons (Fsp3) is 0.533. The molecule has 0 aromatic heterocycles. The van der Waals surface area contributed by atoms with Gasteiger partial charge < -0.3 is 29.9 Å². The monoisotopic (exact) mass is 312 g/mol. The van der Waals surface area contributed by atoms with E-state index >= 15 is 0 Å². The Morgan fingerprint density at radius 1 is 1.18 bits per heavy atom. The average molecular weight is 312 g/mol. The van der Waals surface area contributed by atoms with E-state index in [2.05, 4.69) is 0 Å². The van der Waals surface area contributed by atoms with Crippen molar-refractivity contribution >= 4 is 5.97 Å². The summed E-state index contributed by atoms with van der Waals surface area (Å²) in [6.45, 7) is 2.07. The maximum absolute atomic E-state index is 11.0. The minimum absolute atomic E-state index is 0.00993. The second-order valence-corrected chi connectivity index (χ2v) is 5.38. The summed E-state index contributed by atoms with van der Waals surface area (Å²) in [6, 6.07) is 9.51. The van der Waals surface area contributed by atoms with Gasteiger partial charge in [0.2, 0.25) is 0 Å². The van der Waals surface area contributed by atoms with Crippen LogP contribution in [0.5, 0.6) is 0 Å². The molecule has 1 aliphatic rings. The maximum atomic E-state index is 11.0. The molecule has 0 spiro atoms. The van der Waals surface area contributed by atoms with Gasteiger partial charge >= 0.3 is 5.97 Å². The number of aliphatic hydroxyl groups is 3. The molecule has 1 aromatic rings. The van der Waals surface area contributed by atoms with Crippen LogP contribution in [0.4, 0.5) is 0 Å². The zero-order chi connectivity index (χ0) is 16.3. The summed E-state index contributed by atoms with van der Waals surface area (Å²) >= 11 is 0. The molecule has 1 aromatic carbocycles. The Labute approximate surface area is 127 Å². The van der Waals surface area contributed by atoms with E-state index < -0.39 is 36.7 Å². The molecular formula is C15H20O7. The first-order valence-electron chi connectivity index (χ1n) is 7.01. The molecule has 7 nitrogen and oxygen atoms in total. The number of aliphatic carboxylic acids is 1. The Bertz CT molecular complexity index is 492. The molecule has 0 saturated carbocycles. The second-order valence-electron chi connectivity index (χ2n) is 5.38. The van der Waals surface area contributed by atoms with Crippen LogP contribution in [-0.2, 0) is 14.3 Å². The third-order valence-corrected chi connectivity index (χ3v) is 3.69. The second kappa shape index (κ2) is 7.17. The number of ether oxygens (including phenoxy) is 2. The lowest BCUT2D eigenvalue weighted by Gasteiger charge is -2.38. The van der Waals surface area contributed by atoms with Crippen molar-refractivity contribution in [2.24, 2.45) is 0 Å². The molecule has 1 saturated heterocycles. The van der Waals surface area contributed by atoms with E-state index in [1.54, 1.807) is 0 Å². The number of carboxylic acid groups (broad SMARTS) is 1. The third kappa shape index (κ3) is 3.63. The largest absolute Gasteiger partial charge is 0.479 e. The Kier molecular flexibility index (Phi) is 5.49. The molecule has 7 heteroatoms. The van der Waals surface area contributed by atoms with Gasteiger partial charge in [0, 0.05) is 5.92 Å². The van der Waals surface area contributed by atoms with E-state index in [4.69, 9.17) is 14.6 Å². The summed E-state index contributed by atoms with van der Waals surface area (Å²) in [5.41, 5.74) is 1.02. The van der Waals surface area contributed by atoms with Gasteiger partial charge in [0.05, 0.1) is 6.61 Å². The van der Waals surface area contributed by atoms with Crippen LogP contribution in [-0.4, -0.2) is 63.7 Å². The van der Waals surface area contributed by atoms with Crippen molar-refractivity contribution in [1.82, 2.24) is 0 Å². The van der Waals surface area contributed by atoms with Gasteiger partial charge in [-0.25, -0.2) is 4.79 Å². The van der Waals surface area contributed by atoms with Gasteiger partial charge in [-0.1, -0.05) is 37.3 Å². The highest BCUT2D eigenvalue weighted by atomic mass is 16.7. The molecule has 2 rings (SSSR count). The summed E-state index contributed by atoms with van der Waals surface area (Å²) in [4.78, 5) is 11.0. The highest BCUT2D eigenvalue weighted by Crippen LogP contribution is 2.24. The predicted molar refractivity (Wildman–Crippen MR) is 75.1 cm³/mol. The molecule has 0 amide bonds. The van der Waals surface area contributed by atoms with Crippen molar-refractivity contribution in [2.45, 2.75) is 43.5 Å². The van der Waals surface area contributed by atoms with Gasteiger partial charge in [-0.3, -0.25) is 0 Å². The van der Waals surface area contributed by atoms with Crippen molar-refractivity contribution < 1.29 is 34.7 Å². The Hall–Kier alpha value is -1.51. The minimum atomic E-state index is -1.71. The fourth-order valence-electron chi connectivity index (χ4n) is 2.31. The first-order valence-corrected chi connectivity index (χ1v) is 7.01. The quantitative estimate of drug-likeness (QED) is 0.590. The number of benzene rings is 1. The molecule has 22 heavy (non-hydrogen) atoms. The first kappa shape index (κ1) is 16.9. The number of hydrogen-bond acceptors (Lipinski definition) is 6. The summed E-state index contributed by atoms with van der Waals surface area (Å²) < 4.78 is 10.5. The van der Waals surface area contributed by atoms with Gasteiger partial charge in [-0.15, -0.1) is 0 Å². The van der Waals surface area contributed by atoms with Crippen LogP contribution in [0.1, 0.15) is 18.4 Å². The molecule has 0 aliphatic carbocycles. The molecule has 1 heterocycles. The van der Waals surface area contributed by atoms with Crippen LogP contribution in [0, 0.1) is 0 Å². The minimum Gasteiger partial charge on any atom is -0.479 e. The van der Waals surface area contributed by atoms with Crippen molar-refractivity contribution in [3.63, 3.8) is 0 Å². The molecule has 6 atom stereocenters. The highest BCUT2D eigenvalue weighted by Gasteiger charge is 2.47. The first-order chi connectivity index (χ1) is 10.4. The van der Waals surface area contributed by atoms with Gasteiger partial charge in [0.15, 0.2) is 12.4 Å². The zero-order valence-corrected chi connectivity index (χ0v) is 12.1. The van der Waals surface area contributed by atoms with E-state index in [1.807, 2.05) is 37.3 Å². The Balaban J connectivity index is 1.98. The fourth-order valence-corrected chi connectivity index (χ4v) is 2.31. The summed E-state index contributed by atoms with van der Waals surface area (Å²) in [6.07, 6.45) is -7.83.